The molecule has 11 aromatic rings. The summed E-state index contributed by atoms with van der Waals surface area (Å²) in [5, 5.41) is 5.54. The molecule has 3 aromatic heterocycles. The third-order valence-corrected chi connectivity index (χ3v) is 10.7. The molecule has 8 aromatic carbocycles. The fourth-order valence-corrected chi connectivity index (χ4v) is 7.93. The van der Waals surface area contributed by atoms with Crippen LogP contribution in [0.15, 0.2) is 199 Å². The molecule has 0 saturated carbocycles. The van der Waals surface area contributed by atoms with Crippen LogP contribution < -0.4 is 0 Å². The van der Waals surface area contributed by atoms with Crippen LogP contribution in [0, 0.1) is 0 Å². The third-order valence-electron chi connectivity index (χ3n) is 10.7. The Labute approximate surface area is 328 Å². The molecule has 0 fully saturated rings. The van der Waals surface area contributed by atoms with Gasteiger partial charge >= 0.3 is 0 Å². The number of pyridine rings is 1. The number of hydrogen-bond donors (Lipinski definition) is 0. The Morgan fingerprint density at radius 1 is 0.281 bits per heavy atom. The average Bonchev–Trinajstić information content (AvgIpc) is 3.68. The van der Waals surface area contributed by atoms with E-state index in [1.165, 1.54) is 0 Å². The van der Waals surface area contributed by atoms with E-state index in [1.54, 1.807) is 0 Å². The van der Waals surface area contributed by atoms with Crippen LogP contribution in [-0.4, -0.2) is 19.9 Å². The van der Waals surface area contributed by atoms with Crippen LogP contribution in [0.5, 0.6) is 0 Å². The average molecular weight is 729 g/mol. The van der Waals surface area contributed by atoms with Crippen molar-refractivity contribution in [3.05, 3.63) is 194 Å². The van der Waals surface area contributed by atoms with E-state index in [2.05, 4.69) is 127 Å². The van der Waals surface area contributed by atoms with E-state index in [1.807, 2.05) is 66.7 Å². The number of furan rings is 1. The van der Waals surface area contributed by atoms with Crippen molar-refractivity contribution in [1.29, 1.82) is 0 Å². The van der Waals surface area contributed by atoms with Crippen LogP contribution in [0.2, 0.25) is 0 Å². The first-order valence-electron chi connectivity index (χ1n) is 19.0. The minimum atomic E-state index is 0.634. The molecule has 0 aliphatic rings. The molecule has 0 unspecified atom stereocenters. The lowest BCUT2D eigenvalue weighted by atomic mass is 9.94. The van der Waals surface area contributed by atoms with E-state index in [9.17, 15) is 0 Å². The van der Waals surface area contributed by atoms with Gasteiger partial charge in [0.15, 0.2) is 17.5 Å². The topological polar surface area (TPSA) is 64.7 Å². The SMILES string of the molecule is c1ccc(-c2nc(-c3ccccc3)nc(-c3ccc(-c4cccc(-c5ccc6oc7ccc8c9ccccc9nc(-c9ccccc9)c8c7c6c5)c4)cc3)n2)cc1. The van der Waals surface area contributed by atoms with E-state index in [4.69, 9.17) is 24.4 Å². The quantitative estimate of drug-likeness (QED) is 0.160. The van der Waals surface area contributed by atoms with Crippen LogP contribution in [0.3, 0.4) is 0 Å². The molecule has 0 spiro atoms. The second-order valence-electron chi connectivity index (χ2n) is 14.2. The maximum atomic E-state index is 6.52. The van der Waals surface area contributed by atoms with E-state index in [-0.39, 0.29) is 0 Å². The lowest BCUT2D eigenvalue weighted by Crippen LogP contribution is -2.00. The summed E-state index contributed by atoms with van der Waals surface area (Å²) in [5.41, 5.74) is 12.0. The molecule has 0 radical (unpaired) electrons. The molecule has 0 atom stereocenters. The molecule has 5 heteroatoms. The van der Waals surface area contributed by atoms with Gasteiger partial charge in [0.25, 0.3) is 0 Å². The normalized spacial score (nSPS) is 11.5. The Bertz CT molecular complexity index is 3210. The molecule has 11 rings (SSSR count). The summed E-state index contributed by atoms with van der Waals surface area (Å²) >= 11 is 0. The lowest BCUT2D eigenvalue weighted by molar-refractivity contribution is 0.669. The van der Waals surface area contributed by atoms with Gasteiger partial charge in [-0.3, -0.25) is 0 Å². The Morgan fingerprint density at radius 2 is 0.772 bits per heavy atom. The van der Waals surface area contributed by atoms with Gasteiger partial charge in [0.05, 0.1) is 11.2 Å². The second kappa shape index (κ2) is 13.5. The highest BCUT2D eigenvalue weighted by Gasteiger charge is 2.19. The summed E-state index contributed by atoms with van der Waals surface area (Å²) in [7, 11) is 0. The van der Waals surface area contributed by atoms with Gasteiger partial charge in [0.2, 0.25) is 0 Å². The summed E-state index contributed by atoms with van der Waals surface area (Å²) in [6.07, 6.45) is 0. The highest BCUT2D eigenvalue weighted by Crippen LogP contribution is 2.42. The van der Waals surface area contributed by atoms with Crippen molar-refractivity contribution in [2.75, 3.05) is 0 Å². The van der Waals surface area contributed by atoms with Crippen LogP contribution in [0.25, 0.3) is 111 Å². The summed E-state index contributed by atoms with van der Waals surface area (Å²) in [5.74, 6) is 1.93. The van der Waals surface area contributed by atoms with Crippen molar-refractivity contribution < 1.29 is 4.42 Å². The number of nitrogens with zero attached hydrogens (tertiary/aromatic N) is 4. The molecule has 0 amide bonds. The van der Waals surface area contributed by atoms with Gasteiger partial charge < -0.3 is 4.42 Å². The number of benzene rings is 8. The van der Waals surface area contributed by atoms with Gasteiger partial charge in [-0.25, -0.2) is 19.9 Å². The minimum Gasteiger partial charge on any atom is -0.456 e. The van der Waals surface area contributed by atoms with Crippen LogP contribution in [-0.2, 0) is 0 Å². The van der Waals surface area contributed by atoms with Crippen LogP contribution >= 0.6 is 0 Å². The molecule has 266 valence electrons. The van der Waals surface area contributed by atoms with Crippen LogP contribution in [0.1, 0.15) is 0 Å². The van der Waals surface area contributed by atoms with Crippen molar-refractivity contribution in [2.24, 2.45) is 0 Å². The van der Waals surface area contributed by atoms with Crippen molar-refractivity contribution in [2.45, 2.75) is 0 Å². The number of fused-ring (bicyclic) bond motifs is 7. The molecule has 0 bridgehead atoms. The van der Waals surface area contributed by atoms with Gasteiger partial charge in [-0.1, -0.05) is 158 Å². The molecular weight excluding hydrogens is 697 g/mol. The molecule has 0 N–H and O–H groups in total. The second-order valence-corrected chi connectivity index (χ2v) is 14.2. The van der Waals surface area contributed by atoms with Crippen molar-refractivity contribution in [3.63, 3.8) is 0 Å². The first-order chi connectivity index (χ1) is 28.2. The Kier molecular flexibility index (Phi) is 7.74. The number of rotatable bonds is 6. The Hall–Kier alpha value is -7.76. The number of para-hydroxylation sites is 1. The molecule has 5 nitrogen and oxygen atoms in total. The predicted molar refractivity (Wildman–Crippen MR) is 233 cm³/mol. The molecule has 0 aliphatic carbocycles. The van der Waals surface area contributed by atoms with Crippen molar-refractivity contribution in [3.8, 4) is 67.7 Å². The monoisotopic (exact) mass is 728 g/mol. The first kappa shape index (κ1) is 32.7. The van der Waals surface area contributed by atoms with Gasteiger partial charge in [0.1, 0.15) is 11.2 Å². The first-order valence-corrected chi connectivity index (χ1v) is 19.0. The highest BCUT2D eigenvalue weighted by atomic mass is 16.3. The fourth-order valence-electron chi connectivity index (χ4n) is 7.93. The number of hydrogen-bond acceptors (Lipinski definition) is 5. The molecule has 0 aliphatic heterocycles. The van der Waals surface area contributed by atoms with Gasteiger partial charge in [-0.05, 0) is 64.0 Å². The zero-order valence-electron chi connectivity index (χ0n) is 30.7. The summed E-state index contributed by atoms with van der Waals surface area (Å²) < 4.78 is 6.52. The van der Waals surface area contributed by atoms with E-state index >= 15 is 0 Å². The molecule has 0 saturated heterocycles. The minimum absolute atomic E-state index is 0.634. The summed E-state index contributed by atoms with van der Waals surface area (Å²) in [4.78, 5) is 19.9. The third kappa shape index (κ3) is 5.81. The maximum absolute atomic E-state index is 6.52. The predicted octanol–water partition coefficient (Wildman–Crippen LogP) is 13.5. The Balaban J connectivity index is 0.995. The largest absolute Gasteiger partial charge is 0.456 e. The Morgan fingerprint density at radius 3 is 1.44 bits per heavy atom. The fraction of sp³-hybridized carbons (Fsp3) is 0. The smallest absolute Gasteiger partial charge is 0.164 e. The van der Waals surface area contributed by atoms with E-state index < -0.39 is 0 Å². The molecule has 57 heavy (non-hydrogen) atoms. The summed E-state index contributed by atoms with van der Waals surface area (Å²) in [6, 6.07) is 66.9. The van der Waals surface area contributed by atoms with Crippen molar-refractivity contribution in [1.82, 2.24) is 19.9 Å². The van der Waals surface area contributed by atoms with Crippen LogP contribution in [0.4, 0.5) is 0 Å². The van der Waals surface area contributed by atoms with Gasteiger partial charge in [-0.15, -0.1) is 0 Å². The standard InChI is InChI=1S/C52H32N4O/c1-4-13-34(14-5-1)49-48-42(41-21-10-11-22-44(41)53-49)28-30-46-47(48)43-32-40(27-29-45(43)57-46)39-20-12-19-38(31-39)33-23-25-37(26-24-33)52-55-50(35-15-6-2-7-16-35)54-51(56-52)36-17-8-3-9-18-36/h1-32H. The lowest BCUT2D eigenvalue weighted by Gasteiger charge is -2.11. The van der Waals surface area contributed by atoms with E-state index in [0.717, 1.165) is 93.8 Å². The van der Waals surface area contributed by atoms with Crippen molar-refractivity contribution >= 4 is 43.6 Å². The van der Waals surface area contributed by atoms with Gasteiger partial charge in [-0.2, -0.15) is 0 Å². The zero-order chi connectivity index (χ0) is 37.7. The number of aromatic nitrogens is 4. The zero-order valence-corrected chi connectivity index (χ0v) is 30.7. The molecule has 3 heterocycles. The highest BCUT2D eigenvalue weighted by molar-refractivity contribution is 6.27. The maximum Gasteiger partial charge on any atom is 0.164 e. The van der Waals surface area contributed by atoms with Gasteiger partial charge in [0, 0.05) is 43.8 Å². The molecular formula is C52H32N4O. The van der Waals surface area contributed by atoms with E-state index in [0.29, 0.717) is 17.5 Å². The summed E-state index contributed by atoms with van der Waals surface area (Å²) in [6.45, 7) is 0.